The summed E-state index contributed by atoms with van der Waals surface area (Å²) in [5.41, 5.74) is 4.18. The molecular formula is C29H25BrN2O6. The number of benzene rings is 3. The fourth-order valence-corrected chi connectivity index (χ4v) is 4.57. The maximum Gasteiger partial charge on any atom is 0.338 e. The Hall–Kier alpha value is -4.24. The average molecular weight is 577 g/mol. The molecule has 0 atom stereocenters. The summed E-state index contributed by atoms with van der Waals surface area (Å²) in [7, 11) is 0. The molecule has 3 aromatic rings. The third kappa shape index (κ3) is 6.00. The van der Waals surface area contributed by atoms with Crippen molar-refractivity contribution in [2.24, 2.45) is 0 Å². The summed E-state index contributed by atoms with van der Waals surface area (Å²) in [5, 5.41) is 2.19. The van der Waals surface area contributed by atoms with E-state index in [1.165, 1.54) is 30.3 Å². The molecule has 1 heterocycles. The number of hydrogen-bond acceptors (Lipinski definition) is 6. The van der Waals surface area contributed by atoms with Gasteiger partial charge in [-0.25, -0.2) is 14.5 Å². The van der Waals surface area contributed by atoms with E-state index in [0.717, 1.165) is 21.6 Å². The van der Waals surface area contributed by atoms with Crippen molar-refractivity contribution in [3.8, 4) is 5.75 Å². The molecule has 194 valence electrons. The van der Waals surface area contributed by atoms with Gasteiger partial charge in [-0.3, -0.25) is 14.9 Å². The third-order valence-corrected chi connectivity index (χ3v) is 6.30. The van der Waals surface area contributed by atoms with Crippen LogP contribution in [0.15, 0.2) is 70.7 Å². The lowest BCUT2D eigenvalue weighted by atomic mass is 10.1. The van der Waals surface area contributed by atoms with Crippen LogP contribution in [-0.4, -0.2) is 30.4 Å². The van der Waals surface area contributed by atoms with Gasteiger partial charge in [0.15, 0.2) is 0 Å². The van der Waals surface area contributed by atoms with Gasteiger partial charge in [0, 0.05) is 0 Å². The normalized spacial score (nSPS) is 14.5. The fourth-order valence-electron chi connectivity index (χ4n) is 4.06. The first kappa shape index (κ1) is 26.8. The van der Waals surface area contributed by atoms with E-state index in [1.54, 1.807) is 25.1 Å². The first-order valence-electron chi connectivity index (χ1n) is 11.8. The Bertz CT molecular complexity index is 1440. The molecule has 9 heteroatoms. The molecule has 1 saturated heterocycles. The average Bonchev–Trinajstić information content (AvgIpc) is 2.86. The zero-order chi connectivity index (χ0) is 27.4. The molecule has 1 N–H and O–H groups in total. The minimum Gasteiger partial charge on any atom is -0.488 e. The molecular weight excluding hydrogens is 552 g/mol. The summed E-state index contributed by atoms with van der Waals surface area (Å²) in [6.45, 7) is 6.36. The van der Waals surface area contributed by atoms with Gasteiger partial charge in [0.2, 0.25) is 0 Å². The van der Waals surface area contributed by atoms with E-state index in [0.29, 0.717) is 22.4 Å². The number of halogens is 1. The number of esters is 1. The van der Waals surface area contributed by atoms with E-state index in [-0.39, 0.29) is 23.4 Å². The molecule has 38 heavy (non-hydrogen) atoms. The van der Waals surface area contributed by atoms with Gasteiger partial charge in [-0.2, -0.15) is 0 Å². The van der Waals surface area contributed by atoms with Crippen LogP contribution < -0.4 is 15.0 Å². The summed E-state index contributed by atoms with van der Waals surface area (Å²) in [4.78, 5) is 51.0. The molecule has 8 nitrogen and oxygen atoms in total. The molecule has 0 radical (unpaired) electrons. The second-order valence-electron chi connectivity index (χ2n) is 8.70. The summed E-state index contributed by atoms with van der Waals surface area (Å²) < 4.78 is 11.5. The van der Waals surface area contributed by atoms with E-state index in [4.69, 9.17) is 9.47 Å². The predicted octanol–water partition coefficient (Wildman–Crippen LogP) is 5.49. The third-order valence-electron chi connectivity index (χ3n) is 5.68. The Morgan fingerprint density at radius 3 is 2.29 bits per heavy atom. The van der Waals surface area contributed by atoms with Crippen molar-refractivity contribution < 1.29 is 28.7 Å². The van der Waals surface area contributed by atoms with Gasteiger partial charge in [-0.15, -0.1) is 0 Å². The lowest BCUT2D eigenvalue weighted by molar-refractivity contribution is -0.122. The first-order chi connectivity index (χ1) is 18.2. The molecule has 0 aromatic heterocycles. The summed E-state index contributed by atoms with van der Waals surface area (Å²) >= 11 is 3.49. The number of imide groups is 2. The second kappa shape index (κ2) is 11.4. The number of nitrogens with zero attached hydrogens (tertiary/aromatic N) is 1. The predicted molar refractivity (Wildman–Crippen MR) is 146 cm³/mol. The highest BCUT2D eigenvalue weighted by Crippen LogP contribution is 2.29. The van der Waals surface area contributed by atoms with E-state index in [1.807, 2.05) is 13.8 Å². The number of hydrogen-bond donors (Lipinski definition) is 1. The topological polar surface area (TPSA) is 102 Å². The summed E-state index contributed by atoms with van der Waals surface area (Å²) in [6.07, 6.45) is 1.41. The minimum atomic E-state index is -0.877. The van der Waals surface area contributed by atoms with Crippen LogP contribution in [-0.2, 0) is 20.9 Å². The van der Waals surface area contributed by atoms with E-state index in [2.05, 4.69) is 39.4 Å². The maximum atomic E-state index is 13.2. The molecule has 1 fully saturated rings. The maximum absolute atomic E-state index is 13.2. The Labute approximate surface area is 228 Å². The van der Waals surface area contributed by atoms with Gasteiger partial charge in [0.1, 0.15) is 17.9 Å². The fraction of sp³-hybridized carbons (Fsp3) is 0.172. The van der Waals surface area contributed by atoms with Crippen molar-refractivity contribution in [2.45, 2.75) is 27.4 Å². The van der Waals surface area contributed by atoms with E-state index >= 15 is 0 Å². The Morgan fingerprint density at radius 2 is 1.66 bits per heavy atom. The van der Waals surface area contributed by atoms with E-state index < -0.39 is 23.8 Å². The molecule has 0 bridgehead atoms. The Morgan fingerprint density at radius 1 is 0.974 bits per heavy atom. The van der Waals surface area contributed by atoms with Crippen LogP contribution >= 0.6 is 15.9 Å². The van der Waals surface area contributed by atoms with Crippen LogP contribution in [0.5, 0.6) is 5.75 Å². The molecule has 3 aromatic carbocycles. The van der Waals surface area contributed by atoms with Crippen molar-refractivity contribution >= 4 is 51.5 Å². The van der Waals surface area contributed by atoms with Crippen molar-refractivity contribution in [1.29, 1.82) is 0 Å². The summed E-state index contributed by atoms with van der Waals surface area (Å²) in [5.74, 6) is -1.50. The SMILES string of the molecule is CCOC(=O)c1ccc(N2C(=O)NC(=O)/C(=C\c3ccc(OCc4cc(C)cc(C)c4)c(Br)c3)C2=O)cc1. The van der Waals surface area contributed by atoms with Crippen LogP contribution in [0.1, 0.15) is 39.5 Å². The van der Waals surface area contributed by atoms with Gasteiger partial charge in [0.25, 0.3) is 11.8 Å². The van der Waals surface area contributed by atoms with Crippen LogP contribution in [0, 0.1) is 13.8 Å². The second-order valence-corrected chi connectivity index (χ2v) is 9.55. The van der Waals surface area contributed by atoms with Gasteiger partial charge in [-0.1, -0.05) is 35.4 Å². The number of nitrogens with one attached hydrogen (secondary N) is 1. The van der Waals surface area contributed by atoms with Crippen molar-refractivity contribution in [2.75, 3.05) is 11.5 Å². The molecule has 4 rings (SSSR count). The van der Waals surface area contributed by atoms with Gasteiger partial charge < -0.3 is 9.47 Å². The van der Waals surface area contributed by atoms with Gasteiger partial charge >= 0.3 is 12.0 Å². The number of carbonyl (C=O) groups excluding carboxylic acids is 4. The largest absolute Gasteiger partial charge is 0.488 e. The lowest BCUT2D eigenvalue weighted by Crippen LogP contribution is -2.54. The number of carbonyl (C=O) groups is 4. The van der Waals surface area contributed by atoms with Crippen molar-refractivity contribution in [3.05, 3.63) is 98.5 Å². The quantitative estimate of drug-likeness (QED) is 0.227. The highest BCUT2D eigenvalue weighted by atomic mass is 79.9. The highest BCUT2D eigenvalue weighted by molar-refractivity contribution is 9.10. The molecule has 4 amide bonds. The molecule has 0 saturated carbocycles. The number of barbiturate groups is 1. The highest BCUT2D eigenvalue weighted by Gasteiger charge is 2.36. The number of ether oxygens (including phenoxy) is 2. The van der Waals surface area contributed by atoms with Crippen LogP contribution in [0.4, 0.5) is 10.5 Å². The van der Waals surface area contributed by atoms with Gasteiger partial charge in [-0.05, 0) is 90.3 Å². The number of urea groups is 1. The number of amides is 4. The monoisotopic (exact) mass is 576 g/mol. The Kier molecular flexibility index (Phi) is 8.07. The minimum absolute atomic E-state index is 0.204. The standard InChI is InChI=1S/C29H25BrN2O6/c1-4-37-28(35)21-6-8-22(9-7-21)32-27(34)23(26(33)31-29(32)36)14-19-5-10-25(24(30)15-19)38-16-20-12-17(2)11-18(3)13-20/h5-15H,4,16H2,1-3H3,(H,31,33,36)/b23-14+. The molecule has 0 aliphatic carbocycles. The van der Waals surface area contributed by atoms with Crippen LogP contribution in [0.2, 0.25) is 0 Å². The summed E-state index contributed by atoms with van der Waals surface area (Å²) in [6, 6.07) is 16.3. The molecule has 1 aliphatic rings. The zero-order valence-corrected chi connectivity index (χ0v) is 22.6. The smallest absolute Gasteiger partial charge is 0.338 e. The first-order valence-corrected chi connectivity index (χ1v) is 12.6. The number of aryl methyl sites for hydroxylation is 2. The number of anilines is 1. The lowest BCUT2D eigenvalue weighted by Gasteiger charge is -2.26. The molecule has 0 spiro atoms. The number of rotatable bonds is 7. The van der Waals surface area contributed by atoms with Crippen LogP contribution in [0.3, 0.4) is 0 Å². The molecule has 0 unspecified atom stereocenters. The van der Waals surface area contributed by atoms with Crippen molar-refractivity contribution in [1.82, 2.24) is 5.32 Å². The van der Waals surface area contributed by atoms with Crippen molar-refractivity contribution in [3.63, 3.8) is 0 Å². The van der Waals surface area contributed by atoms with E-state index in [9.17, 15) is 19.2 Å². The van der Waals surface area contributed by atoms with Crippen LogP contribution in [0.25, 0.3) is 6.08 Å². The van der Waals surface area contributed by atoms with Gasteiger partial charge in [0.05, 0.1) is 22.3 Å². The zero-order valence-electron chi connectivity index (χ0n) is 21.0. The Balaban J connectivity index is 1.53. The molecule has 1 aliphatic heterocycles.